The van der Waals surface area contributed by atoms with Crippen LogP contribution in [-0.4, -0.2) is 16.8 Å². The van der Waals surface area contributed by atoms with Crippen LogP contribution in [0, 0.1) is 0 Å². The third kappa shape index (κ3) is 2.16. The van der Waals surface area contributed by atoms with Crippen molar-refractivity contribution in [3.05, 3.63) is 65.9 Å². The van der Waals surface area contributed by atoms with E-state index in [2.05, 4.69) is 4.98 Å². The highest BCUT2D eigenvalue weighted by Gasteiger charge is 2.39. The Morgan fingerprint density at radius 2 is 1.95 bits per heavy atom. The van der Waals surface area contributed by atoms with Crippen molar-refractivity contribution >= 4 is 22.7 Å². The Morgan fingerprint density at radius 1 is 1.18 bits per heavy atom. The molecule has 22 heavy (non-hydrogen) atoms. The van der Waals surface area contributed by atoms with E-state index in [0.29, 0.717) is 11.1 Å². The zero-order valence-corrected chi connectivity index (χ0v) is 11.8. The number of hydrogen-bond acceptors (Lipinski definition) is 3. The molecule has 1 heterocycles. The van der Waals surface area contributed by atoms with E-state index in [-0.39, 0.29) is 6.42 Å². The average Bonchev–Trinajstić information content (AvgIpc) is 2.54. The first-order chi connectivity index (χ1) is 10.5. The molecule has 2 amide bonds. The van der Waals surface area contributed by atoms with Crippen molar-refractivity contribution in [2.75, 3.05) is 0 Å². The SMILES string of the molecule is NC(=O)C1=CC=CC(C(N)=O)(c2cnc3ccccc3c2)C1. The number of benzene rings is 1. The molecule has 1 aromatic heterocycles. The molecule has 5 nitrogen and oxygen atoms in total. The molecule has 3 rings (SSSR count). The van der Waals surface area contributed by atoms with Gasteiger partial charge in [0, 0.05) is 17.2 Å². The molecule has 4 N–H and O–H groups in total. The fourth-order valence-corrected chi connectivity index (χ4v) is 2.74. The number of allylic oxidation sites excluding steroid dienone is 2. The van der Waals surface area contributed by atoms with E-state index in [9.17, 15) is 9.59 Å². The lowest BCUT2D eigenvalue weighted by Gasteiger charge is -2.30. The van der Waals surface area contributed by atoms with Crippen molar-refractivity contribution in [2.45, 2.75) is 11.8 Å². The molecule has 110 valence electrons. The van der Waals surface area contributed by atoms with E-state index >= 15 is 0 Å². The molecule has 1 aromatic carbocycles. The van der Waals surface area contributed by atoms with Gasteiger partial charge >= 0.3 is 0 Å². The number of para-hydroxylation sites is 1. The quantitative estimate of drug-likeness (QED) is 0.893. The summed E-state index contributed by atoms with van der Waals surface area (Å²) in [6.07, 6.45) is 6.73. The molecule has 0 radical (unpaired) electrons. The van der Waals surface area contributed by atoms with Crippen molar-refractivity contribution in [2.24, 2.45) is 11.5 Å². The van der Waals surface area contributed by atoms with Gasteiger partial charge in [0.05, 0.1) is 10.9 Å². The van der Waals surface area contributed by atoms with Crippen LogP contribution in [0.25, 0.3) is 10.9 Å². The number of nitrogens with two attached hydrogens (primary N) is 2. The van der Waals surface area contributed by atoms with E-state index in [1.54, 1.807) is 24.4 Å². The molecule has 2 aromatic rings. The average molecular weight is 293 g/mol. The molecule has 5 heteroatoms. The fourth-order valence-electron chi connectivity index (χ4n) is 2.74. The van der Waals surface area contributed by atoms with Crippen LogP contribution in [0.1, 0.15) is 12.0 Å². The number of rotatable bonds is 3. The third-order valence-electron chi connectivity index (χ3n) is 4.01. The highest BCUT2D eigenvalue weighted by molar-refractivity contribution is 5.97. The second kappa shape index (κ2) is 5.11. The summed E-state index contributed by atoms with van der Waals surface area (Å²) >= 11 is 0. The van der Waals surface area contributed by atoms with Crippen molar-refractivity contribution in [3.63, 3.8) is 0 Å². The van der Waals surface area contributed by atoms with Crippen molar-refractivity contribution < 1.29 is 9.59 Å². The summed E-state index contributed by atoms with van der Waals surface area (Å²) in [6.45, 7) is 0. The van der Waals surface area contributed by atoms with E-state index < -0.39 is 17.2 Å². The molecule has 0 spiro atoms. The predicted octanol–water partition coefficient (Wildman–Crippen LogP) is 1.33. The van der Waals surface area contributed by atoms with Gasteiger partial charge in [-0.2, -0.15) is 0 Å². The van der Waals surface area contributed by atoms with E-state index in [1.807, 2.05) is 30.3 Å². The zero-order chi connectivity index (χ0) is 15.7. The number of hydrogen-bond donors (Lipinski definition) is 2. The largest absolute Gasteiger partial charge is 0.369 e. The van der Waals surface area contributed by atoms with E-state index in [1.165, 1.54) is 0 Å². The summed E-state index contributed by atoms with van der Waals surface area (Å²) in [6, 6.07) is 9.48. The minimum absolute atomic E-state index is 0.147. The van der Waals surface area contributed by atoms with E-state index in [0.717, 1.165) is 10.9 Å². The highest BCUT2D eigenvalue weighted by Crippen LogP contribution is 2.36. The first-order valence-electron chi connectivity index (χ1n) is 6.86. The standard InChI is InChI=1S/C17H15N3O2/c18-15(21)12-5-3-7-17(9-12,16(19)22)13-8-11-4-1-2-6-14(11)20-10-13/h1-8,10H,9H2,(H2,18,21)(H2,19,22). The minimum Gasteiger partial charge on any atom is -0.369 e. The smallest absolute Gasteiger partial charge is 0.244 e. The number of primary amides is 2. The van der Waals surface area contributed by atoms with E-state index in [4.69, 9.17) is 11.5 Å². The predicted molar refractivity (Wildman–Crippen MR) is 83.6 cm³/mol. The van der Waals surface area contributed by atoms with Gasteiger partial charge in [-0.05, 0) is 24.1 Å². The Morgan fingerprint density at radius 3 is 2.68 bits per heavy atom. The lowest BCUT2D eigenvalue weighted by molar-refractivity contribution is -0.122. The van der Waals surface area contributed by atoms with Gasteiger partial charge in [-0.15, -0.1) is 0 Å². The number of amides is 2. The summed E-state index contributed by atoms with van der Waals surface area (Å²) < 4.78 is 0. The van der Waals surface area contributed by atoms with Crippen LogP contribution in [0.15, 0.2) is 60.3 Å². The van der Waals surface area contributed by atoms with Crippen molar-refractivity contribution in [1.29, 1.82) is 0 Å². The maximum Gasteiger partial charge on any atom is 0.244 e. The maximum atomic E-state index is 12.1. The second-order valence-corrected chi connectivity index (χ2v) is 5.34. The molecular weight excluding hydrogens is 278 g/mol. The summed E-state index contributed by atoms with van der Waals surface area (Å²) in [7, 11) is 0. The molecule has 1 aliphatic rings. The summed E-state index contributed by atoms with van der Waals surface area (Å²) in [5, 5.41) is 0.907. The Hall–Kier alpha value is -2.95. The Bertz CT molecular complexity index is 839. The highest BCUT2D eigenvalue weighted by atomic mass is 16.1. The van der Waals surface area contributed by atoms with Gasteiger partial charge in [0.15, 0.2) is 0 Å². The van der Waals surface area contributed by atoms with Crippen LogP contribution in [-0.2, 0) is 15.0 Å². The number of aromatic nitrogens is 1. The molecule has 0 aliphatic heterocycles. The fraction of sp³-hybridized carbons (Fsp3) is 0.118. The molecular formula is C17H15N3O2. The van der Waals surface area contributed by atoms with Gasteiger partial charge in [-0.1, -0.05) is 36.4 Å². The maximum absolute atomic E-state index is 12.1. The van der Waals surface area contributed by atoms with Gasteiger partial charge in [-0.3, -0.25) is 14.6 Å². The molecule has 1 unspecified atom stereocenters. The first-order valence-corrected chi connectivity index (χ1v) is 6.86. The van der Waals surface area contributed by atoms with Crippen LogP contribution in [0.4, 0.5) is 0 Å². The van der Waals surface area contributed by atoms with Crippen molar-refractivity contribution in [3.8, 4) is 0 Å². The number of fused-ring (bicyclic) bond motifs is 1. The summed E-state index contributed by atoms with van der Waals surface area (Å²) in [5.74, 6) is -1.09. The Labute approximate surface area is 127 Å². The molecule has 1 aliphatic carbocycles. The first kappa shape index (κ1) is 14.0. The van der Waals surface area contributed by atoms with Crippen LogP contribution in [0.3, 0.4) is 0 Å². The van der Waals surface area contributed by atoms with Crippen LogP contribution in [0.5, 0.6) is 0 Å². The molecule has 1 atom stereocenters. The monoisotopic (exact) mass is 293 g/mol. The minimum atomic E-state index is -1.10. The summed E-state index contributed by atoms with van der Waals surface area (Å²) in [5.41, 5.74) is 11.7. The molecule has 0 saturated carbocycles. The van der Waals surface area contributed by atoms with Gasteiger partial charge < -0.3 is 11.5 Å². The summed E-state index contributed by atoms with van der Waals surface area (Å²) in [4.78, 5) is 28.0. The molecule has 0 fully saturated rings. The lowest BCUT2D eigenvalue weighted by Crippen LogP contribution is -2.42. The molecule has 0 saturated heterocycles. The normalized spacial score (nSPS) is 20.6. The second-order valence-electron chi connectivity index (χ2n) is 5.34. The Balaban J connectivity index is 2.15. The van der Waals surface area contributed by atoms with Crippen LogP contribution < -0.4 is 11.5 Å². The van der Waals surface area contributed by atoms with Crippen molar-refractivity contribution in [1.82, 2.24) is 4.98 Å². The lowest BCUT2D eigenvalue weighted by atomic mass is 9.72. The molecule has 0 bridgehead atoms. The van der Waals surface area contributed by atoms with Gasteiger partial charge in [0.2, 0.25) is 11.8 Å². The van der Waals surface area contributed by atoms with Gasteiger partial charge in [0.25, 0.3) is 0 Å². The Kier molecular flexibility index (Phi) is 3.25. The number of carbonyl (C=O) groups excluding carboxylic acids is 2. The van der Waals surface area contributed by atoms with Crippen LogP contribution >= 0.6 is 0 Å². The zero-order valence-electron chi connectivity index (χ0n) is 11.8. The third-order valence-corrected chi connectivity index (χ3v) is 4.01. The number of pyridine rings is 1. The topological polar surface area (TPSA) is 99.1 Å². The van der Waals surface area contributed by atoms with Crippen LogP contribution in [0.2, 0.25) is 0 Å². The van der Waals surface area contributed by atoms with Gasteiger partial charge in [-0.25, -0.2) is 0 Å². The van der Waals surface area contributed by atoms with Gasteiger partial charge in [0.1, 0.15) is 0 Å². The number of carbonyl (C=O) groups is 2. The number of nitrogens with zero attached hydrogens (tertiary/aromatic N) is 1.